The summed E-state index contributed by atoms with van der Waals surface area (Å²) in [7, 11) is 0. The minimum Gasteiger partial charge on any atom is -0.625 e. The van der Waals surface area contributed by atoms with E-state index in [0.29, 0.717) is 13.1 Å². The van der Waals surface area contributed by atoms with Crippen molar-refractivity contribution in [3.05, 3.63) is 5.21 Å². The van der Waals surface area contributed by atoms with Crippen molar-refractivity contribution in [2.24, 2.45) is 0 Å². The molecule has 0 aromatic carbocycles. The summed E-state index contributed by atoms with van der Waals surface area (Å²) in [5.41, 5.74) is 0. The first-order valence-electron chi connectivity index (χ1n) is 2.74. The summed E-state index contributed by atoms with van der Waals surface area (Å²) in [4.78, 5) is 10.4. The van der Waals surface area contributed by atoms with Crippen LogP contribution in [0, 0.1) is 5.21 Å². The van der Waals surface area contributed by atoms with Crippen LogP contribution in [0.5, 0.6) is 0 Å². The maximum Gasteiger partial charge on any atom is 0.310 e. The molecule has 0 aromatic heterocycles. The average Bonchev–Trinajstić information content (AvgIpc) is 1.60. The third-order valence-electron chi connectivity index (χ3n) is 1.61. The Balaban J connectivity index is 2.53. The molecular weight excluding hydrogens is 106 g/mol. The zero-order chi connectivity index (χ0) is 6.20. The maximum absolute atomic E-state index is 10.8. The standard InChI is InChI=1S/C5H9NO2/c1-5(7)6(8)3-2-4-6/h2-4H2,1H3. The number of hydrogen-bond acceptors (Lipinski definition) is 2. The van der Waals surface area contributed by atoms with E-state index in [2.05, 4.69) is 0 Å². The van der Waals surface area contributed by atoms with Crippen LogP contribution in [-0.2, 0) is 4.79 Å². The lowest BCUT2D eigenvalue weighted by Gasteiger charge is -2.45. The normalized spacial score (nSPS) is 24.2. The SMILES string of the molecule is CC(=O)[N+]1([O-])CCC1. The van der Waals surface area contributed by atoms with Crippen molar-refractivity contribution in [3.8, 4) is 0 Å². The highest BCUT2D eigenvalue weighted by molar-refractivity contribution is 5.66. The molecule has 0 N–H and O–H groups in total. The second-order valence-corrected chi connectivity index (χ2v) is 2.21. The molecule has 0 radical (unpaired) electrons. The van der Waals surface area contributed by atoms with Crippen molar-refractivity contribution in [1.29, 1.82) is 0 Å². The van der Waals surface area contributed by atoms with E-state index in [4.69, 9.17) is 0 Å². The number of rotatable bonds is 0. The molecule has 0 aromatic rings. The molecule has 1 aliphatic heterocycles. The molecule has 0 unspecified atom stereocenters. The molecular formula is C5H9NO2. The number of nitrogens with zero attached hydrogens (tertiary/aromatic N) is 1. The number of carbonyl (C=O) groups excluding carboxylic acids is 1. The van der Waals surface area contributed by atoms with Gasteiger partial charge in [-0.1, -0.05) is 0 Å². The topological polar surface area (TPSA) is 40.1 Å². The molecule has 1 saturated heterocycles. The number of quaternary nitrogens is 1. The lowest BCUT2D eigenvalue weighted by atomic mass is 10.2. The van der Waals surface area contributed by atoms with E-state index < -0.39 is 4.65 Å². The van der Waals surface area contributed by atoms with Crippen molar-refractivity contribution < 1.29 is 9.44 Å². The van der Waals surface area contributed by atoms with Gasteiger partial charge in [0, 0.05) is 6.42 Å². The van der Waals surface area contributed by atoms with Crippen LogP contribution < -0.4 is 0 Å². The van der Waals surface area contributed by atoms with Gasteiger partial charge in [-0.2, -0.15) is 0 Å². The number of amides is 1. The molecule has 0 atom stereocenters. The van der Waals surface area contributed by atoms with Crippen molar-refractivity contribution >= 4 is 5.91 Å². The molecule has 0 aliphatic carbocycles. The van der Waals surface area contributed by atoms with Gasteiger partial charge in [0.15, 0.2) is 0 Å². The van der Waals surface area contributed by atoms with E-state index in [1.165, 1.54) is 6.92 Å². The number of hydroxylamine groups is 3. The average molecular weight is 115 g/mol. The second kappa shape index (κ2) is 1.53. The fourth-order valence-corrected chi connectivity index (χ4v) is 0.760. The highest BCUT2D eigenvalue weighted by Crippen LogP contribution is 2.17. The van der Waals surface area contributed by atoms with Gasteiger partial charge < -0.3 is 5.21 Å². The lowest BCUT2D eigenvalue weighted by Crippen LogP contribution is -2.55. The summed E-state index contributed by atoms with van der Waals surface area (Å²) >= 11 is 0. The molecule has 1 rings (SSSR count). The summed E-state index contributed by atoms with van der Waals surface area (Å²) in [5.74, 6) is -0.253. The van der Waals surface area contributed by atoms with Gasteiger partial charge in [0.1, 0.15) is 0 Å². The van der Waals surface area contributed by atoms with Gasteiger partial charge in [0.25, 0.3) is 0 Å². The Morgan fingerprint density at radius 3 is 2.12 bits per heavy atom. The monoisotopic (exact) mass is 115 g/mol. The van der Waals surface area contributed by atoms with E-state index in [0.717, 1.165) is 6.42 Å². The van der Waals surface area contributed by atoms with Crippen LogP contribution in [0.3, 0.4) is 0 Å². The molecule has 3 nitrogen and oxygen atoms in total. The van der Waals surface area contributed by atoms with Gasteiger partial charge in [-0.25, -0.2) is 4.79 Å². The minimum atomic E-state index is -0.583. The molecule has 8 heavy (non-hydrogen) atoms. The molecule has 3 heteroatoms. The van der Waals surface area contributed by atoms with Crippen molar-refractivity contribution in [3.63, 3.8) is 0 Å². The molecule has 0 saturated carbocycles. The maximum atomic E-state index is 10.8. The highest BCUT2D eigenvalue weighted by Gasteiger charge is 2.30. The molecule has 0 spiro atoms. The number of hydrogen-bond donors (Lipinski definition) is 0. The van der Waals surface area contributed by atoms with Crippen LogP contribution in [0.2, 0.25) is 0 Å². The van der Waals surface area contributed by atoms with Gasteiger partial charge in [0.05, 0.1) is 20.0 Å². The van der Waals surface area contributed by atoms with Gasteiger partial charge >= 0.3 is 5.91 Å². The zero-order valence-electron chi connectivity index (χ0n) is 4.89. The molecule has 46 valence electrons. The first-order valence-corrected chi connectivity index (χ1v) is 2.74. The molecule has 1 aliphatic rings. The van der Waals surface area contributed by atoms with E-state index in [1.54, 1.807) is 0 Å². The Hall–Kier alpha value is -0.410. The van der Waals surface area contributed by atoms with Crippen molar-refractivity contribution in [2.45, 2.75) is 13.3 Å². The first kappa shape index (κ1) is 5.72. The second-order valence-electron chi connectivity index (χ2n) is 2.21. The summed E-state index contributed by atoms with van der Waals surface area (Å²) in [6.07, 6.45) is 0.906. The van der Waals surface area contributed by atoms with Crippen LogP contribution in [0.4, 0.5) is 0 Å². The van der Waals surface area contributed by atoms with Crippen LogP contribution in [0.15, 0.2) is 0 Å². The number of carbonyl (C=O) groups is 1. The molecule has 1 amide bonds. The lowest BCUT2D eigenvalue weighted by molar-refractivity contribution is -0.844. The van der Waals surface area contributed by atoms with E-state index in [9.17, 15) is 10.0 Å². The van der Waals surface area contributed by atoms with Crippen LogP contribution in [0.1, 0.15) is 13.3 Å². The summed E-state index contributed by atoms with van der Waals surface area (Å²) in [6.45, 7) is 2.34. The van der Waals surface area contributed by atoms with E-state index in [-0.39, 0.29) is 5.91 Å². The summed E-state index contributed by atoms with van der Waals surface area (Å²) in [5, 5.41) is 10.8. The third kappa shape index (κ3) is 0.638. The van der Waals surface area contributed by atoms with E-state index in [1.807, 2.05) is 0 Å². The predicted octanol–water partition coefficient (Wildman–Crippen LogP) is 0.251. The highest BCUT2D eigenvalue weighted by atomic mass is 16.6. The van der Waals surface area contributed by atoms with Gasteiger partial charge in [-0.3, -0.25) is 4.65 Å². The van der Waals surface area contributed by atoms with Crippen LogP contribution in [0.25, 0.3) is 0 Å². The first-order chi connectivity index (χ1) is 3.65. The Labute approximate surface area is 48.1 Å². The molecule has 1 fully saturated rings. The number of likely N-dealkylation sites (tertiary alicyclic amines) is 1. The van der Waals surface area contributed by atoms with Crippen molar-refractivity contribution in [1.82, 2.24) is 0 Å². The Morgan fingerprint density at radius 1 is 1.62 bits per heavy atom. The van der Waals surface area contributed by atoms with Crippen molar-refractivity contribution in [2.75, 3.05) is 13.1 Å². The largest absolute Gasteiger partial charge is 0.625 e. The van der Waals surface area contributed by atoms with Gasteiger partial charge in [0.2, 0.25) is 0 Å². The fourth-order valence-electron chi connectivity index (χ4n) is 0.760. The fraction of sp³-hybridized carbons (Fsp3) is 0.800. The minimum absolute atomic E-state index is 0.253. The van der Waals surface area contributed by atoms with Gasteiger partial charge in [-0.05, 0) is 0 Å². The Bertz CT molecular complexity index is 118. The summed E-state index contributed by atoms with van der Waals surface area (Å²) in [6, 6.07) is 0. The summed E-state index contributed by atoms with van der Waals surface area (Å²) < 4.78 is -0.583. The smallest absolute Gasteiger partial charge is 0.310 e. The molecule has 0 bridgehead atoms. The van der Waals surface area contributed by atoms with Gasteiger partial charge in [-0.15, -0.1) is 0 Å². The Kier molecular flexibility index (Phi) is 1.10. The molecule has 1 heterocycles. The van der Waals surface area contributed by atoms with E-state index >= 15 is 0 Å². The Morgan fingerprint density at radius 2 is 2.12 bits per heavy atom. The van der Waals surface area contributed by atoms with Crippen LogP contribution in [-0.4, -0.2) is 23.6 Å². The van der Waals surface area contributed by atoms with Crippen LogP contribution >= 0.6 is 0 Å². The third-order valence-corrected chi connectivity index (χ3v) is 1.61. The zero-order valence-corrected chi connectivity index (χ0v) is 4.89. The quantitative estimate of drug-likeness (QED) is 0.335. The predicted molar refractivity (Wildman–Crippen MR) is 28.7 cm³/mol.